The fourth-order valence-corrected chi connectivity index (χ4v) is 4.36. The largest absolute Gasteiger partial charge is 0.490 e. The van der Waals surface area contributed by atoms with Crippen LogP contribution < -0.4 is 0 Å². The van der Waals surface area contributed by atoms with Gasteiger partial charge in [0.1, 0.15) is 6.10 Å². The Morgan fingerprint density at radius 2 is 1.57 bits per heavy atom. The summed E-state index contributed by atoms with van der Waals surface area (Å²) in [5.41, 5.74) is 0. The van der Waals surface area contributed by atoms with E-state index in [1.807, 2.05) is 0 Å². The second-order valence-electron chi connectivity index (χ2n) is 3.82. The fraction of sp³-hybridized carbons (Fsp3) is 1.00. The van der Waals surface area contributed by atoms with Crippen LogP contribution in [0.1, 0.15) is 6.42 Å². The van der Waals surface area contributed by atoms with E-state index in [9.17, 15) is 18.8 Å². The van der Waals surface area contributed by atoms with Gasteiger partial charge in [0.25, 0.3) is 0 Å². The van der Waals surface area contributed by atoms with Crippen LogP contribution >= 0.6 is 23.5 Å². The lowest BCUT2D eigenvalue weighted by Crippen LogP contribution is -2.26. The minimum atomic E-state index is -5.58. The van der Waals surface area contributed by atoms with Crippen molar-refractivity contribution in [2.24, 2.45) is 0 Å². The lowest BCUT2D eigenvalue weighted by atomic mass is 10.2. The number of ether oxygens (including phenoxy) is 1. The molecule has 0 aromatic rings. The first-order chi connectivity index (χ1) is 9.30. The topological polar surface area (TPSA) is 210 Å². The molecule has 16 heteroatoms. The second-order valence-corrected chi connectivity index (χ2v) is 8.24. The number of hydrogen-bond acceptors (Lipinski definition) is 9. The summed E-state index contributed by atoms with van der Waals surface area (Å²) in [6, 6.07) is 0. The van der Waals surface area contributed by atoms with Gasteiger partial charge < -0.3 is 34.5 Å². The van der Waals surface area contributed by atoms with Crippen LogP contribution in [-0.2, 0) is 31.6 Å². The third-order valence-corrected chi connectivity index (χ3v) is 5.82. The van der Waals surface area contributed by atoms with Crippen molar-refractivity contribution in [3.05, 3.63) is 0 Å². The molecule has 13 nitrogen and oxygen atoms in total. The van der Waals surface area contributed by atoms with Gasteiger partial charge in [-0.05, 0) is 0 Å². The summed E-state index contributed by atoms with van der Waals surface area (Å²) in [5, 5.41) is 18.4. The summed E-state index contributed by atoms with van der Waals surface area (Å²) in [4.78, 5) is 34.6. The maximum absolute atomic E-state index is 11.3. The summed E-state index contributed by atoms with van der Waals surface area (Å²) in [6.07, 6.45) is -3.91. The zero-order valence-corrected chi connectivity index (χ0v) is 12.7. The highest BCUT2D eigenvalue weighted by molar-refractivity contribution is 7.66. The van der Waals surface area contributed by atoms with Crippen molar-refractivity contribution < 1.29 is 61.4 Å². The Morgan fingerprint density at radius 1 is 1.00 bits per heavy atom. The molecule has 1 fully saturated rings. The molecular weight excluding hydrogens is 361 g/mol. The third kappa shape index (κ3) is 7.40. The number of phosphoric acid groups is 3. The molecule has 1 aliphatic heterocycles. The molecule has 0 amide bonds. The monoisotopic (exact) mass is 374 g/mol. The number of aliphatic hydroxyl groups is 2. The maximum atomic E-state index is 11.3. The van der Waals surface area contributed by atoms with Crippen molar-refractivity contribution >= 4 is 23.5 Å². The van der Waals surface area contributed by atoms with Gasteiger partial charge in [-0.2, -0.15) is 8.62 Å². The highest BCUT2D eigenvalue weighted by Crippen LogP contribution is 2.66. The molecule has 0 saturated carbocycles. The number of hydrogen-bond donors (Lipinski definition) is 6. The minimum absolute atomic E-state index is 0.176. The molecule has 126 valence electrons. The average molecular weight is 374 g/mol. The Bertz CT molecular complexity index is 498. The third-order valence-electron chi connectivity index (χ3n) is 2.02. The fourth-order valence-electron chi connectivity index (χ4n) is 1.33. The molecule has 0 aromatic heterocycles. The predicted octanol–water partition coefficient (Wildman–Crippen LogP) is -1.20. The van der Waals surface area contributed by atoms with Crippen molar-refractivity contribution in [1.29, 1.82) is 0 Å². The minimum Gasteiger partial charge on any atom is -0.390 e. The smallest absolute Gasteiger partial charge is 0.390 e. The summed E-state index contributed by atoms with van der Waals surface area (Å²) in [7, 11) is -16.3. The molecule has 0 radical (unpaired) electrons. The number of aliphatic hydroxyl groups excluding tert-OH is 2. The lowest BCUT2D eigenvalue weighted by Gasteiger charge is -2.18. The Kier molecular flexibility index (Phi) is 6.27. The van der Waals surface area contributed by atoms with E-state index >= 15 is 0 Å². The maximum Gasteiger partial charge on any atom is 0.490 e. The quantitative estimate of drug-likeness (QED) is 0.289. The van der Waals surface area contributed by atoms with E-state index in [4.69, 9.17) is 24.7 Å². The molecule has 1 aliphatic rings. The molecule has 0 spiro atoms. The Balaban J connectivity index is 2.56. The van der Waals surface area contributed by atoms with E-state index in [0.717, 1.165) is 0 Å². The molecule has 3 unspecified atom stereocenters. The van der Waals surface area contributed by atoms with Crippen LogP contribution in [0.5, 0.6) is 0 Å². The van der Waals surface area contributed by atoms with Gasteiger partial charge in [-0.15, -0.1) is 0 Å². The lowest BCUT2D eigenvalue weighted by molar-refractivity contribution is -0.106. The predicted molar refractivity (Wildman–Crippen MR) is 61.3 cm³/mol. The van der Waals surface area contributed by atoms with Gasteiger partial charge in [0, 0.05) is 6.42 Å². The Morgan fingerprint density at radius 3 is 2.00 bits per heavy atom. The van der Waals surface area contributed by atoms with Crippen molar-refractivity contribution in [3.63, 3.8) is 0 Å². The second kappa shape index (κ2) is 6.81. The van der Waals surface area contributed by atoms with Crippen LogP contribution in [0.25, 0.3) is 0 Å². The van der Waals surface area contributed by atoms with Gasteiger partial charge in [-0.1, -0.05) is 0 Å². The van der Waals surface area contributed by atoms with Crippen LogP contribution in [0.3, 0.4) is 0 Å². The van der Waals surface area contributed by atoms with E-state index < -0.39 is 48.6 Å². The van der Waals surface area contributed by atoms with E-state index in [0.29, 0.717) is 0 Å². The van der Waals surface area contributed by atoms with E-state index in [2.05, 4.69) is 17.9 Å². The molecule has 0 aromatic carbocycles. The molecule has 5 atom stereocenters. The normalized spacial score (nSPS) is 32.6. The van der Waals surface area contributed by atoms with Crippen molar-refractivity contribution in [2.75, 3.05) is 6.61 Å². The molecular formula is C5H13O13P3. The van der Waals surface area contributed by atoms with E-state index in [1.54, 1.807) is 0 Å². The van der Waals surface area contributed by atoms with Gasteiger partial charge in [0.15, 0.2) is 6.29 Å². The zero-order chi connectivity index (χ0) is 16.5. The zero-order valence-electron chi connectivity index (χ0n) is 10.0. The van der Waals surface area contributed by atoms with Gasteiger partial charge in [0.2, 0.25) is 0 Å². The molecule has 0 bridgehead atoms. The standard InChI is InChI=1S/C5H13O13P3/c6-3-1-5(7)16-4(3)2-15-20(11,12)18-21(13,14)17-19(8,9)10/h3-7H,1-2H2,(H,11,12)(H,13,14)(H2,8,9,10)/t3-,4+,5?/m0/s1. The number of phosphoric ester groups is 1. The van der Waals surface area contributed by atoms with Crippen LogP contribution in [0.2, 0.25) is 0 Å². The average Bonchev–Trinajstić information content (AvgIpc) is 2.48. The summed E-state index contributed by atoms with van der Waals surface area (Å²) in [6.45, 7) is -0.804. The van der Waals surface area contributed by atoms with Gasteiger partial charge in [0.05, 0.1) is 12.7 Å². The molecule has 0 aliphatic carbocycles. The summed E-state index contributed by atoms with van der Waals surface area (Å²) < 4.78 is 48.5. The van der Waals surface area contributed by atoms with Gasteiger partial charge >= 0.3 is 23.5 Å². The highest BCUT2D eigenvalue weighted by atomic mass is 31.3. The van der Waals surface area contributed by atoms with Crippen LogP contribution in [0, 0.1) is 0 Å². The van der Waals surface area contributed by atoms with Crippen LogP contribution in [0.15, 0.2) is 0 Å². The molecule has 1 saturated heterocycles. The molecule has 1 rings (SSSR count). The SMILES string of the molecule is O=P(O)(O)OP(=O)(O)OP(=O)(O)OC[C@H]1OC(O)C[C@@H]1O. The molecule has 6 N–H and O–H groups in total. The van der Waals surface area contributed by atoms with E-state index in [-0.39, 0.29) is 6.42 Å². The van der Waals surface area contributed by atoms with Gasteiger partial charge in [-0.3, -0.25) is 4.52 Å². The first-order valence-corrected chi connectivity index (χ1v) is 9.62. The highest BCUT2D eigenvalue weighted by Gasteiger charge is 2.42. The number of rotatable bonds is 7. The van der Waals surface area contributed by atoms with Crippen molar-refractivity contribution in [3.8, 4) is 0 Å². The molecule has 1 heterocycles. The molecule has 21 heavy (non-hydrogen) atoms. The van der Waals surface area contributed by atoms with E-state index in [1.165, 1.54) is 0 Å². The Labute approximate surface area is 117 Å². The van der Waals surface area contributed by atoms with Crippen LogP contribution in [-0.4, -0.2) is 54.9 Å². The summed E-state index contributed by atoms with van der Waals surface area (Å²) >= 11 is 0. The Hall–Kier alpha value is 0.290. The summed E-state index contributed by atoms with van der Waals surface area (Å²) in [5.74, 6) is 0. The van der Waals surface area contributed by atoms with Crippen molar-refractivity contribution in [2.45, 2.75) is 24.9 Å². The van der Waals surface area contributed by atoms with Gasteiger partial charge in [-0.25, -0.2) is 13.7 Å². The first-order valence-electron chi connectivity index (χ1n) is 5.10. The first kappa shape index (κ1) is 19.3. The van der Waals surface area contributed by atoms with Crippen molar-refractivity contribution in [1.82, 2.24) is 0 Å². The van der Waals surface area contributed by atoms with Crippen LogP contribution in [0.4, 0.5) is 0 Å².